The number of rotatable bonds is 11. The van der Waals surface area contributed by atoms with Gasteiger partial charge in [0.25, 0.3) is 0 Å². The van der Waals surface area contributed by atoms with Crippen molar-refractivity contribution in [2.45, 2.75) is 65.7 Å². The summed E-state index contributed by atoms with van der Waals surface area (Å²) in [6.45, 7) is 6.02. The lowest BCUT2D eigenvalue weighted by Gasteiger charge is -2.27. The van der Waals surface area contributed by atoms with Gasteiger partial charge in [0, 0.05) is 5.02 Å². The Morgan fingerprint density at radius 2 is 1.62 bits per heavy atom. The highest BCUT2D eigenvalue weighted by molar-refractivity contribution is 6.35. The predicted molar refractivity (Wildman–Crippen MR) is 105 cm³/mol. The van der Waals surface area contributed by atoms with E-state index in [0.717, 1.165) is 25.7 Å². The lowest BCUT2D eigenvalue weighted by Crippen LogP contribution is -2.42. The number of ether oxygens (including phenoxy) is 2. The van der Waals surface area contributed by atoms with Crippen molar-refractivity contribution in [2.24, 2.45) is 5.41 Å². The molecule has 26 heavy (non-hydrogen) atoms. The van der Waals surface area contributed by atoms with Crippen LogP contribution in [-0.4, -0.2) is 18.5 Å². The maximum absolute atomic E-state index is 12.7. The monoisotopic (exact) mass is 402 g/mol. The van der Waals surface area contributed by atoms with E-state index in [9.17, 15) is 9.59 Å². The van der Waals surface area contributed by atoms with Gasteiger partial charge < -0.3 is 9.47 Å². The fraction of sp³-hybridized carbons (Fsp3) is 0.600. The second kappa shape index (κ2) is 11.5. The van der Waals surface area contributed by atoms with Crippen molar-refractivity contribution in [3.8, 4) is 5.75 Å². The number of esters is 2. The molecule has 0 atom stereocenters. The fourth-order valence-corrected chi connectivity index (χ4v) is 3.12. The number of carbonyl (C=O) groups excluding carboxylic acids is 2. The van der Waals surface area contributed by atoms with Gasteiger partial charge in [-0.15, -0.1) is 0 Å². The van der Waals surface area contributed by atoms with E-state index in [1.54, 1.807) is 19.9 Å². The van der Waals surface area contributed by atoms with E-state index in [1.807, 2.05) is 0 Å². The van der Waals surface area contributed by atoms with E-state index in [2.05, 4.69) is 6.92 Å². The molecule has 1 aromatic carbocycles. The van der Waals surface area contributed by atoms with Crippen LogP contribution in [-0.2, 0) is 14.3 Å². The summed E-state index contributed by atoms with van der Waals surface area (Å²) in [5.74, 6) is -1.00. The van der Waals surface area contributed by atoms with Crippen molar-refractivity contribution in [1.29, 1.82) is 0 Å². The van der Waals surface area contributed by atoms with E-state index in [1.165, 1.54) is 18.6 Å². The molecule has 0 heterocycles. The first-order valence-electron chi connectivity index (χ1n) is 9.25. The molecule has 0 aromatic heterocycles. The Morgan fingerprint density at radius 3 is 2.19 bits per heavy atom. The van der Waals surface area contributed by atoms with Crippen LogP contribution in [0.3, 0.4) is 0 Å². The van der Waals surface area contributed by atoms with Crippen LogP contribution in [0.25, 0.3) is 0 Å². The number of halogens is 2. The molecule has 0 fully saturated rings. The normalized spacial score (nSPS) is 11.3. The minimum absolute atomic E-state index is 0.180. The van der Waals surface area contributed by atoms with Gasteiger partial charge in [-0.1, -0.05) is 69.7 Å². The molecule has 6 heteroatoms. The van der Waals surface area contributed by atoms with Crippen LogP contribution in [0.15, 0.2) is 18.2 Å². The quantitative estimate of drug-likeness (QED) is 0.191. The van der Waals surface area contributed by atoms with Crippen LogP contribution >= 0.6 is 23.2 Å². The molecule has 0 saturated heterocycles. The van der Waals surface area contributed by atoms with Crippen molar-refractivity contribution in [3.63, 3.8) is 0 Å². The molecule has 0 radical (unpaired) electrons. The Hall–Kier alpha value is -1.26. The summed E-state index contributed by atoms with van der Waals surface area (Å²) in [6.07, 6.45) is 5.86. The molecule has 4 nitrogen and oxygen atoms in total. The average molecular weight is 403 g/mol. The molecule has 1 aromatic rings. The molecular formula is C20H28Cl2O4. The summed E-state index contributed by atoms with van der Waals surface area (Å²) < 4.78 is 10.8. The van der Waals surface area contributed by atoms with Gasteiger partial charge >= 0.3 is 11.9 Å². The Balaban J connectivity index is 2.73. The van der Waals surface area contributed by atoms with E-state index in [0.29, 0.717) is 24.5 Å². The lowest BCUT2D eigenvalue weighted by molar-refractivity contribution is -0.168. The van der Waals surface area contributed by atoms with Crippen LogP contribution in [0.5, 0.6) is 5.75 Å². The van der Waals surface area contributed by atoms with Gasteiger partial charge in [-0.25, -0.2) is 0 Å². The number of hydrogen-bond acceptors (Lipinski definition) is 4. The van der Waals surface area contributed by atoms with Gasteiger partial charge in [0.2, 0.25) is 0 Å². The third-order valence-corrected chi connectivity index (χ3v) is 5.10. The van der Waals surface area contributed by atoms with Crippen LogP contribution < -0.4 is 4.74 Å². The largest absolute Gasteiger partial charge is 0.465 e. The fourth-order valence-electron chi connectivity index (χ4n) is 2.67. The highest BCUT2D eigenvalue weighted by Gasteiger charge is 2.46. The third-order valence-electron chi connectivity index (χ3n) is 4.57. The summed E-state index contributed by atoms with van der Waals surface area (Å²) in [5.41, 5.74) is -1.33. The van der Waals surface area contributed by atoms with Gasteiger partial charge in [0.05, 0.1) is 11.6 Å². The van der Waals surface area contributed by atoms with E-state index in [-0.39, 0.29) is 10.8 Å². The first kappa shape index (κ1) is 22.8. The number of carbonyl (C=O) groups is 2. The van der Waals surface area contributed by atoms with Gasteiger partial charge in [-0.3, -0.25) is 9.59 Å². The van der Waals surface area contributed by atoms with Gasteiger partial charge in [-0.2, -0.15) is 0 Å². The molecule has 1 rings (SSSR count). The predicted octanol–water partition coefficient (Wildman–Crippen LogP) is 6.22. The second-order valence-corrected chi connectivity index (χ2v) is 7.15. The SMILES string of the molecule is CCCCCCCOC(=O)C(CC)(CC)C(=O)Oc1ccc(Cl)cc1Cl. The number of unbranched alkanes of at least 4 members (excludes halogenated alkanes) is 4. The molecule has 0 aliphatic carbocycles. The van der Waals surface area contributed by atoms with Crippen molar-refractivity contribution < 1.29 is 19.1 Å². The molecule has 0 unspecified atom stereocenters. The summed E-state index contributed by atoms with van der Waals surface area (Å²) in [5, 5.41) is 0.658. The molecule has 0 aliphatic rings. The molecule has 0 N–H and O–H groups in total. The highest BCUT2D eigenvalue weighted by atomic mass is 35.5. The van der Waals surface area contributed by atoms with Crippen LogP contribution in [0, 0.1) is 5.41 Å². The molecule has 0 spiro atoms. The third kappa shape index (κ3) is 6.17. The van der Waals surface area contributed by atoms with Crippen LogP contribution in [0.4, 0.5) is 0 Å². The molecular weight excluding hydrogens is 375 g/mol. The summed E-state index contributed by atoms with van der Waals surface area (Å²) in [4.78, 5) is 25.3. The maximum atomic E-state index is 12.7. The molecule has 146 valence electrons. The summed E-state index contributed by atoms with van der Waals surface area (Å²) in [6, 6.07) is 4.57. The summed E-state index contributed by atoms with van der Waals surface area (Å²) >= 11 is 11.9. The first-order chi connectivity index (χ1) is 12.4. The van der Waals surface area contributed by atoms with E-state index < -0.39 is 17.4 Å². The van der Waals surface area contributed by atoms with Crippen molar-refractivity contribution >= 4 is 35.1 Å². The second-order valence-electron chi connectivity index (χ2n) is 6.30. The van der Waals surface area contributed by atoms with Crippen LogP contribution in [0.1, 0.15) is 65.7 Å². The Morgan fingerprint density at radius 1 is 0.962 bits per heavy atom. The van der Waals surface area contributed by atoms with Crippen molar-refractivity contribution in [1.82, 2.24) is 0 Å². The smallest absolute Gasteiger partial charge is 0.328 e. The van der Waals surface area contributed by atoms with E-state index >= 15 is 0 Å². The lowest BCUT2D eigenvalue weighted by atomic mass is 9.82. The highest BCUT2D eigenvalue weighted by Crippen LogP contribution is 2.34. The Labute approximate surface area is 166 Å². The molecule has 0 aliphatic heterocycles. The zero-order valence-corrected chi connectivity index (χ0v) is 17.3. The molecule has 0 amide bonds. The molecule has 0 bridgehead atoms. The first-order valence-corrected chi connectivity index (χ1v) is 10.0. The number of benzene rings is 1. The summed E-state index contributed by atoms with van der Waals surface area (Å²) in [7, 11) is 0. The van der Waals surface area contributed by atoms with Crippen molar-refractivity contribution in [2.75, 3.05) is 6.61 Å². The Bertz CT molecular complexity index is 597. The van der Waals surface area contributed by atoms with Crippen molar-refractivity contribution in [3.05, 3.63) is 28.2 Å². The Kier molecular flexibility index (Phi) is 10.0. The van der Waals surface area contributed by atoms with Gasteiger partial charge in [-0.05, 0) is 37.5 Å². The zero-order valence-electron chi connectivity index (χ0n) is 15.8. The van der Waals surface area contributed by atoms with E-state index in [4.69, 9.17) is 32.7 Å². The standard InChI is InChI=1S/C20H28Cl2O4/c1-4-7-8-9-10-13-25-18(23)20(5-2,6-3)19(24)26-17-12-11-15(21)14-16(17)22/h11-12,14H,4-10,13H2,1-3H3. The zero-order chi connectivity index (χ0) is 19.6. The minimum Gasteiger partial charge on any atom is -0.465 e. The van der Waals surface area contributed by atoms with Gasteiger partial charge in [0.15, 0.2) is 5.41 Å². The average Bonchev–Trinajstić information content (AvgIpc) is 2.62. The minimum atomic E-state index is -1.33. The topological polar surface area (TPSA) is 52.6 Å². The van der Waals surface area contributed by atoms with Gasteiger partial charge in [0.1, 0.15) is 5.75 Å². The number of hydrogen-bond donors (Lipinski definition) is 0. The molecule has 0 saturated carbocycles. The maximum Gasteiger partial charge on any atom is 0.328 e. The van der Waals surface area contributed by atoms with Crippen LogP contribution in [0.2, 0.25) is 10.0 Å².